The summed E-state index contributed by atoms with van der Waals surface area (Å²) in [6, 6.07) is 12.0. The molecule has 1 aliphatic rings. The predicted octanol–water partition coefficient (Wildman–Crippen LogP) is 10.5. The molecular weight excluding hydrogens is 526 g/mol. The van der Waals surface area contributed by atoms with Gasteiger partial charge in [0.05, 0.1) is 28.6 Å². The van der Waals surface area contributed by atoms with Gasteiger partial charge < -0.3 is 5.32 Å². The van der Waals surface area contributed by atoms with Gasteiger partial charge in [-0.2, -0.15) is 26.3 Å². The van der Waals surface area contributed by atoms with Gasteiger partial charge in [0.15, 0.2) is 0 Å². The molecule has 1 N–H and O–H groups in total. The van der Waals surface area contributed by atoms with E-state index in [1.807, 2.05) is 18.2 Å². The molecule has 4 rings (SSSR count). The fraction of sp³-hybridized carbons (Fsp3) is 0.344. The first kappa shape index (κ1) is 29.4. The molecule has 1 heterocycles. The van der Waals surface area contributed by atoms with Crippen LogP contribution >= 0.6 is 0 Å². The largest absolute Gasteiger partial charge is 0.416 e. The predicted molar refractivity (Wildman–Crippen MR) is 147 cm³/mol. The number of halogens is 6. The van der Waals surface area contributed by atoms with Crippen LogP contribution in [0.4, 0.5) is 32.0 Å². The Labute approximate surface area is 230 Å². The third kappa shape index (κ3) is 6.60. The third-order valence-corrected chi connectivity index (χ3v) is 6.97. The van der Waals surface area contributed by atoms with Crippen LogP contribution in [0.5, 0.6) is 0 Å². The lowest BCUT2D eigenvalue weighted by Gasteiger charge is -2.28. The van der Waals surface area contributed by atoms with Crippen molar-refractivity contribution in [3.05, 3.63) is 106 Å². The summed E-state index contributed by atoms with van der Waals surface area (Å²) in [5.41, 5.74) is 1.65. The Morgan fingerprint density at radius 1 is 0.750 bits per heavy atom. The topological polar surface area (TPSA) is 24.9 Å². The molecule has 1 aliphatic carbocycles. The first-order valence-electron chi connectivity index (χ1n) is 13.3. The van der Waals surface area contributed by atoms with Crippen molar-refractivity contribution in [3.8, 4) is 11.3 Å². The molecule has 2 aromatic carbocycles. The van der Waals surface area contributed by atoms with E-state index in [-0.39, 0.29) is 29.2 Å². The van der Waals surface area contributed by atoms with E-state index in [1.165, 1.54) is 6.07 Å². The molecule has 0 saturated heterocycles. The fourth-order valence-electron chi connectivity index (χ4n) is 4.91. The second kappa shape index (κ2) is 11.5. The van der Waals surface area contributed by atoms with Gasteiger partial charge in [0.2, 0.25) is 0 Å². The van der Waals surface area contributed by atoms with E-state index in [0.29, 0.717) is 17.8 Å². The van der Waals surface area contributed by atoms with E-state index in [2.05, 4.69) is 56.2 Å². The Hall–Kier alpha value is -3.55. The van der Waals surface area contributed by atoms with E-state index < -0.39 is 29.5 Å². The van der Waals surface area contributed by atoms with Crippen LogP contribution in [0, 0.1) is 0 Å². The van der Waals surface area contributed by atoms with Crippen LogP contribution in [0.1, 0.15) is 86.4 Å². The first-order chi connectivity index (χ1) is 18.8. The summed E-state index contributed by atoms with van der Waals surface area (Å²) in [6.07, 6.45) is -2.05. The molecule has 0 aliphatic heterocycles. The SMILES string of the molecule is CC(C)c1cccc(C(C)C)c1NC(C1=CCCC=C1)c1cccc(-c2cc(C(F)(F)F)cc(C(F)(F)F)c2)n1. The van der Waals surface area contributed by atoms with E-state index in [1.54, 1.807) is 12.1 Å². The maximum Gasteiger partial charge on any atom is 0.416 e. The van der Waals surface area contributed by atoms with Crippen molar-refractivity contribution in [1.82, 2.24) is 4.98 Å². The maximum atomic E-state index is 13.5. The average molecular weight is 559 g/mol. The number of nitrogens with one attached hydrogen (secondary N) is 1. The zero-order valence-corrected chi connectivity index (χ0v) is 22.8. The highest BCUT2D eigenvalue weighted by atomic mass is 19.4. The second-order valence-corrected chi connectivity index (χ2v) is 10.6. The van der Waals surface area contributed by atoms with Crippen molar-refractivity contribution in [2.75, 3.05) is 5.32 Å². The maximum absolute atomic E-state index is 13.5. The number of anilines is 1. The van der Waals surface area contributed by atoms with Crippen LogP contribution in [0.25, 0.3) is 11.3 Å². The number of hydrogen-bond donors (Lipinski definition) is 1. The number of nitrogens with zero attached hydrogens (tertiary/aromatic N) is 1. The number of aromatic nitrogens is 1. The lowest BCUT2D eigenvalue weighted by Crippen LogP contribution is -2.18. The first-order valence-corrected chi connectivity index (χ1v) is 13.3. The number of pyridine rings is 1. The van der Waals surface area contributed by atoms with Crippen LogP contribution in [0.15, 0.2) is 78.4 Å². The van der Waals surface area contributed by atoms with Gasteiger partial charge in [0.1, 0.15) is 0 Å². The van der Waals surface area contributed by atoms with Gasteiger partial charge in [-0.05, 0) is 71.7 Å². The molecular formula is C32H32F6N2. The Bertz CT molecular complexity index is 1360. The van der Waals surface area contributed by atoms with Crippen LogP contribution in [-0.2, 0) is 12.4 Å². The highest BCUT2D eigenvalue weighted by molar-refractivity contribution is 5.65. The van der Waals surface area contributed by atoms with Gasteiger partial charge in [0.25, 0.3) is 0 Å². The van der Waals surface area contributed by atoms with Gasteiger partial charge in [-0.1, -0.05) is 70.2 Å². The van der Waals surface area contributed by atoms with Gasteiger partial charge in [-0.25, -0.2) is 0 Å². The molecule has 8 heteroatoms. The average Bonchev–Trinajstić information content (AvgIpc) is 2.90. The summed E-state index contributed by atoms with van der Waals surface area (Å²) < 4.78 is 81.2. The number of alkyl halides is 6. The Morgan fingerprint density at radius 3 is 1.82 bits per heavy atom. The molecule has 0 saturated carbocycles. The van der Waals surface area contributed by atoms with E-state index in [4.69, 9.17) is 0 Å². The second-order valence-electron chi connectivity index (χ2n) is 10.6. The van der Waals surface area contributed by atoms with Crippen molar-refractivity contribution >= 4 is 5.69 Å². The number of hydrogen-bond acceptors (Lipinski definition) is 2. The van der Waals surface area contributed by atoms with Crippen LogP contribution < -0.4 is 5.32 Å². The molecule has 0 fully saturated rings. The fourth-order valence-corrected chi connectivity index (χ4v) is 4.91. The molecule has 2 nitrogen and oxygen atoms in total. The Morgan fingerprint density at radius 2 is 1.32 bits per heavy atom. The third-order valence-electron chi connectivity index (χ3n) is 6.97. The summed E-state index contributed by atoms with van der Waals surface area (Å²) in [7, 11) is 0. The summed E-state index contributed by atoms with van der Waals surface area (Å²) in [5, 5.41) is 3.67. The number of para-hydroxylation sites is 1. The molecule has 3 aromatic rings. The van der Waals surface area contributed by atoms with Gasteiger partial charge >= 0.3 is 12.4 Å². The van der Waals surface area contributed by atoms with Gasteiger partial charge in [0, 0.05) is 11.3 Å². The normalized spacial score (nSPS) is 14.9. The lowest BCUT2D eigenvalue weighted by molar-refractivity contribution is -0.143. The molecule has 0 spiro atoms. The zero-order chi connectivity index (χ0) is 29.2. The zero-order valence-electron chi connectivity index (χ0n) is 22.8. The minimum atomic E-state index is -4.94. The Balaban J connectivity index is 1.87. The number of allylic oxidation sites excluding steroid dienone is 2. The number of rotatable bonds is 7. The van der Waals surface area contributed by atoms with E-state index in [0.717, 1.165) is 35.2 Å². The highest BCUT2D eigenvalue weighted by Crippen LogP contribution is 2.40. The smallest absolute Gasteiger partial charge is 0.372 e. The molecule has 0 radical (unpaired) electrons. The molecule has 1 aromatic heterocycles. The monoisotopic (exact) mass is 558 g/mol. The molecule has 0 bridgehead atoms. The van der Waals surface area contributed by atoms with E-state index in [9.17, 15) is 26.3 Å². The molecule has 1 atom stereocenters. The van der Waals surface area contributed by atoms with Crippen molar-refractivity contribution in [3.63, 3.8) is 0 Å². The number of benzene rings is 2. The molecule has 0 amide bonds. The highest BCUT2D eigenvalue weighted by Gasteiger charge is 2.37. The summed E-state index contributed by atoms with van der Waals surface area (Å²) in [4.78, 5) is 4.64. The quantitative estimate of drug-likeness (QED) is 0.292. The summed E-state index contributed by atoms with van der Waals surface area (Å²) >= 11 is 0. The molecule has 1 unspecified atom stereocenters. The van der Waals surface area contributed by atoms with Crippen molar-refractivity contribution in [1.29, 1.82) is 0 Å². The molecule has 212 valence electrons. The minimum Gasteiger partial charge on any atom is -0.372 e. The Kier molecular flexibility index (Phi) is 8.47. The summed E-state index contributed by atoms with van der Waals surface area (Å²) in [5.74, 6) is 0.422. The van der Waals surface area contributed by atoms with Crippen LogP contribution in [0.2, 0.25) is 0 Å². The van der Waals surface area contributed by atoms with Crippen molar-refractivity contribution in [2.45, 2.75) is 70.8 Å². The van der Waals surface area contributed by atoms with Crippen LogP contribution in [-0.4, -0.2) is 4.98 Å². The summed E-state index contributed by atoms with van der Waals surface area (Å²) in [6.45, 7) is 8.41. The molecule has 40 heavy (non-hydrogen) atoms. The standard InChI is InChI=1S/C32H32F6N2/c1-19(2)25-12-8-13-26(20(3)4)30(25)40-29(21-10-6-5-7-11-21)28-15-9-14-27(39-28)22-16-23(31(33,34)35)18-24(17-22)32(36,37)38/h6,8-20,29,40H,5,7H2,1-4H3. The van der Waals surface area contributed by atoms with Crippen molar-refractivity contribution < 1.29 is 26.3 Å². The van der Waals surface area contributed by atoms with Crippen molar-refractivity contribution in [2.24, 2.45) is 0 Å². The van der Waals surface area contributed by atoms with Gasteiger partial charge in [-0.3, -0.25) is 4.98 Å². The minimum absolute atomic E-state index is 0.0301. The van der Waals surface area contributed by atoms with Crippen LogP contribution in [0.3, 0.4) is 0 Å². The van der Waals surface area contributed by atoms with E-state index >= 15 is 0 Å². The lowest BCUT2D eigenvalue weighted by atomic mass is 9.90. The van der Waals surface area contributed by atoms with Gasteiger partial charge in [-0.15, -0.1) is 0 Å².